The summed E-state index contributed by atoms with van der Waals surface area (Å²) in [6, 6.07) is 6.90. The molecule has 0 heterocycles. The molecule has 0 amide bonds. The molecule has 0 bridgehead atoms. The van der Waals surface area contributed by atoms with Gasteiger partial charge in [-0.2, -0.15) is 0 Å². The predicted octanol–water partition coefficient (Wildman–Crippen LogP) is 10.3. The summed E-state index contributed by atoms with van der Waals surface area (Å²) in [5.74, 6) is 5.46. The van der Waals surface area contributed by atoms with Crippen LogP contribution in [0.3, 0.4) is 0 Å². The average Bonchev–Trinajstić information content (AvgIpc) is 3.21. The van der Waals surface area contributed by atoms with Crippen molar-refractivity contribution in [1.82, 2.24) is 0 Å². The van der Waals surface area contributed by atoms with E-state index in [1.165, 1.54) is 56.9 Å². The second-order valence-corrected chi connectivity index (χ2v) is 14.5. The van der Waals surface area contributed by atoms with Crippen LogP contribution < -0.4 is 4.74 Å². The van der Waals surface area contributed by atoms with Gasteiger partial charge in [0.1, 0.15) is 11.9 Å². The molecule has 0 radical (unpaired) electrons. The number of benzene rings is 1. The molecule has 0 unspecified atom stereocenters. The lowest BCUT2D eigenvalue weighted by atomic mass is 9.47. The fourth-order valence-corrected chi connectivity index (χ4v) is 9.72. The number of fused-ring (bicyclic) bond motifs is 5. The molecular weight excluding hydrogens is 492 g/mol. The van der Waals surface area contributed by atoms with Gasteiger partial charge in [-0.15, -0.1) is 0 Å². The molecule has 5 rings (SSSR count). The van der Waals surface area contributed by atoms with Gasteiger partial charge in [-0.3, -0.25) is 0 Å². The minimum absolute atomic E-state index is 0.103. The summed E-state index contributed by atoms with van der Waals surface area (Å²) in [5, 5.41) is 0.545. The fourth-order valence-electron chi connectivity index (χ4n) is 9.54. The number of rotatable bonds is 7. The van der Waals surface area contributed by atoms with E-state index in [2.05, 4.69) is 40.7 Å². The summed E-state index contributed by atoms with van der Waals surface area (Å²) >= 11 is 6.02. The minimum Gasteiger partial charge on any atom is -0.430 e. The second-order valence-electron chi connectivity index (χ2n) is 14.1. The summed E-state index contributed by atoms with van der Waals surface area (Å²) in [5.41, 5.74) is 2.30. The van der Waals surface area contributed by atoms with Crippen LogP contribution in [-0.4, -0.2) is 12.3 Å². The number of halogens is 1. The first-order chi connectivity index (χ1) is 18.1. The van der Waals surface area contributed by atoms with E-state index in [9.17, 15) is 4.79 Å². The van der Waals surface area contributed by atoms with Gasteiger partial charge in [0.25, 0.3) is 0 Å². The van der Waals surface area contributed by atoms with Crippen molar-refractivity contribution in [3.8, 4) is 5.75 Å². The lowest BCUT2D eigenvalue weighted by Gasteiger charge is -2.58. The van der Waals surface area contributed by atoms with Crippen molar-refractivity contribution < 1.29 is 14.3 Å². The third-order valence-corrected chi connectivity index (χ3v) is 11.8. The lowest BCUT2D eigenvalue weighted by Crippen LogP contribution is -2.51. The minimum atomic E-state index is -0.622. The SMILES string of the molecule is CC(C)CCC[C@@H](C)[C@H]1CC[C@@H]2[C@@H]3CC=C4C[C@@H](OC(=O)Oc5cccc(Cl)c5)CC[C@]4(C)[C@@H]3CC[C@@]21C. The van der Waals surface area contributed by atoms with E-state index in [4.69, 9.17) is 21.1 Å². The quantitative estimate of drug-likeness (QED) is 0.196. The first-order valence-corrected chi connectivity index (χ1v) is 15.8. The average molecular weight is 541 g/mol. The fraction of sp³-hybridized carbons (Fsp3) is 0.735. The van der Waals surface area contributed by atoms with Crippen LogP contribution in [0.25, 0.3) is 0 Å². The van der Waals surface area contributed by atoms with Gasteiger partial charge in [-0.25, -0.2) is 4.79 Å². The molecule has 1 aromatic rings. The van der Waals surface area contributed by atoms with Crippen LogP contribution in [0.2, 0.25) is 5.02 Å². The van der Waals surface area contributed by atoms with Gasteiger partial charge < -0.3 is 9.47 Å². The van der Waals surface area contributed by atoms with Gasteiger partial charge >= 0.3 is 6.16 Å². The Labute approximate surface area is 236 Å². The first kappa shape index (κ1) is 28.1. The molecule has 3 saturated carbocycles. The zero-order valence-electron chi connectivity index (χ0n) is 24.3. The summed E-state index contributed by atoms with van der Waals surface area (Å²) in [7, 11) is 0. The highest BCUT2D eigenvalue weighted by atomic mass is 35.5. The molecule has 4 heteroatoms. The molecule has 0 N–H and O–H groups in total. The molecule has 0 saturated heterocycles. The van der Waals surface area contributed by atoms with Crippen LogP contribution in [0.5, 0.6) is 5.75 Å². The van der Waals surface area contributed by atoms with E-state index in [-0.39, 0.29) is 11.5 Å². The number of hydrogen-bond donors (Lipinski definition) is 0. The van der Waals surface area contributed by atoms with Crippen LogP contribution in [0, 0.1) is 46.3 Å². The lowest BCUT2D eigenvalue weighted by molar-refractivity contribution is -0.0597. The van der Waals surface area contributed by atoms with Gasteiger partial charge in [-0.1, -0.05) is 83.2 Å². The van der Waals surface area contributed by atoms with Crippen LogP contribution in [-0.2, 0) is 4.74 Å². The number of hydrogen-bond acceptors (Lipinski definition) is 3. The third kappa shape index (κ3) is 5.43. The number of ether oxygens (including phenoxy) is 2. The van der Waals surface area contributed by atoms with E-state index in [0.717, 1.165) is 54.8 Å². The Balaban J connectivity index is 1.22. The zero-order chi connectivity index (χ0) is 27.1. The number of allylic oxidation sites excluding steroid dienone is 1. The van der Waals surface area contributed by atoms with Crippen LogP contribution in [0.15, 0.2) is 35.9 Å². The molecule has 4 aliphatic carbocycles. The Morgan fingerprint density at radius 3 is 2.63 bits per heavy atom. The predicted molar refractivity (Wildman–Crippen MR) is 155 cm³/mol. The van der Waals surface area contributed by atoms with E-state index in [1.807, 2.05) is 0 Å². The molecule has 0 aliphatic heterocycles. The Morgan fingerprint density at radius 1 is 1.05 bits per heavy atom. The number of carbonyl (C=O) groups is 1. The Bertz CT molecular complexity index is 1030. The van der Waals surface area contributed by atoms with Gasteiger partial charge in [0, 0.05) is 11.4 Å². The van der Waals surface area contributed by atoms with Gasteiger partial charge in [0.05, 0.1) is 0 Å². The smallest absolute Gasteiger partial charge is 0.430 e. The van der Waals surface area contributed by atoms with E-state index < -0.39 is 6.16 Å². The topological polar surface area (TPSA) is 35.5 Å². The zero-order valence-corrected chi connectivity index (χ0v) is 25.1. The van der Waals surface area contributed by atoms with E-state index in [0.29, 0.717) is 16.2 Å². The van der Waals surface area contributed by atoms with Crippen LogP contribution >= 0.6 is 11.6 Å². The first-order valence-electron chi connectivity index (χ1n) is 15.4. The second kappa shape index (κ2) is 11.2. The monoisotopic (exact) mass is 540 g/mol. The maximum atomic E-state index is 12.5. The molecule has 38 heavy (non-hydrogen) atoms. The van der Waals surface area contributed by atoms with Crippen molar-refractivity contribution in [2.45, 2.75) is 111 Å². The molecule has 8 atom stereocenters. The van der Waals surface area contributed by atoms with Crippen LogP contribution in [0.1, 0.15) is 105 Å². The molecule has 0 aromatic heterocycles. The molecule has 0 spiro atoms. The highest BCUT2D eigenvalue weighted by molar-refractivity contribution is 6.30. The van der Waals surface area contributed by atoms with Crippen molar-refractivity contribution in [1.29, 1.82) is 0 Å². The Kier molecular flexibility index (Phi) is 8.26. The van der Waals surface area contributed by atoms with Crippen molar-refractivity contribution >= 4 is 17.8 Å². The summed E-state index contributed by atoms with van der Waals surface area (Å²) in [6.45, 7) is 12.5. The van der Waals surface area contributed by atoms with Crippen LogP contribution in [0.4, 0.5) is 4.79 Å². The maximum Gasteiger partial charge on any atom is 0.514 e. The van der Waals surface area contributed by atoms with Crippen molar-refractivity contribution in [2.75, 3.05) is 0 Å². The van der Waals surface area contributed by atoms with Gasteiger partial charge in [0.2, 0.25) is 0 Å². The molecule has 3 fully saturated rings. The maximum absolute atomic E-state index is 12.5. The van der Waals surface area contributed by atoms with Gasteiger partial charge in [0.15, 0.2) is 0 Å². The molecule has 210 valence electrons. The van der Waals surface area contributed by atoms with E-state index >= 15 is 0 Å². The normalized spacial score (nSPS) is 37.0. The summed E-state index contributed by atoms with van der Waals surface area (Å²) in [4.78, 5) is 12.5. The number of carbonyl (C=O) groups excluding carboxylic acids is 1. The van der Waals surface area contributed by atoms with E-state index in [1.54, 1.807) is 24.3 Å². The Morgan fingerprint density at radius 2 is 1.87 bits per heavy atom. The Hall–Kier alpha value is -1.48. The van der Waals surface area contributed by atoms with Gasteiger partial charge in [-0.05, 0) is 109 Å². The molecular formula is C34H49ClO3. The third-order valence-electron chi connectivity index (χ3n) is 11.5. The van der Waals surface area contributed by atoms with Crippen molar-refractivity contribution in [3.05, 3.63) is 40.9 Å². The molecule has 1 aromatic carbocycles. The largest absolute Gasteiger partial charge is 0.514 e. The molecule has 3 nitrogen and oxygen atoms in total. The summed E-state index contributed by atoms with van der Waals surface area (Å²) in [6.07, 6.45) is 15.7. The molecule has 4 aliphatic rings. The van der Waals surface area contributed by atoms with Crippen molar-refractivity contribution in [2.24, 2.45) is 46.3 Å². The summed E-state index contributed by atoms with van der Waals surface area (Å²) < 4.78 is 11.2. The van der Waals surface area contributed by atoms with Crippen molar-refractivity contribution in [3.63, 3.8) is 0 Å². The standard InChI is InChI=1S/C34H49ClO3/c1-22(2)8-6-9-23(3)29-14-15-30-28-13-12-24-20-27(38-32(36)37-26-11-7-10-25(35)21-26)16-18-33(24,4)31(28)17-19-34(29,30)5/h7,10-12,21-23,27-31H,6,8-9,13-20H2,1-5H3/t23-,27+,28+,29-,30-,31-,33+,34-/m1/s1. The highest BCUT2D eigenvalue weighted by Crippen LogP contribution is 2.67. The highest BCUT2D eigenvalue weighted by Gasteiger charge is 2.59.